The zero-order valence-corrected chi connectivity index (χ0v) is 12.3. The summed E-state index contributed by atoms with van der Waals surface area (Å²) in [5.41, 5.74) is -0.648. The third-order valence-electron chi connectivity index (χ3n) is 3.02. The van der Waals surface area contributed by atoms with Crippen LogP contribution >= 0.6 is 0 Å². The maximum atomic E-state index is 12.2. The fraction of sp³-hybridized carbons (Fsp3) is 0.917. The topological polar surface area (TPSA) is 72.5 Å². The van der Waals surface area contributed by atoms with Gasteiger partial charge in [-0.1, -0.05) is 6.42 Å². The first-order valence-electron chi connectivity index (χ1n) is 6.26. The molecule has 2 atom stereocenters. The molecule has 5 nitrogen and oxygen atoms in total. The lowest BCUT2D eigenvalue weighted by atomic mass is 10.2. The molecule has 0 aliphatic heterocycles. The van der Waals surface area contributed by atoms with Crippen LogP contribution in [0.3, 0.4) is 0 Å². The molecule has 6 heteroatoms. The number of hydrogen-bond donors (Lipinski definition) is 1. The second-order valence-electron chi connectivity index (χ2n) is 5.76. The van der Waals surface area contributed by atoms with Gasteiger partial charge in [-0.3, -0.25) is 4.79 Å². The van der Waals surface area contributed by atoms with Crippen LogP contribution in [0.4, 0.5) is 0 Å². The molecule has 1 N–H and O–H groups in total. The Bertz CT molecular complexity index is 397. The van der Waals surface area contributed by atoms with E-state index in [1.165, 1.54) is 0 Å². The van der Waals surface area contributed by atoms with E-state index in [0.29, 0.717) is 6.42 Å². The second-order valence-corrected chi connectivity index (χ2v) is 7.98. The third kappa shape index (κ3) is 4.24. The van der Waals surface area contributed by atoms with Gasteiger partial charge in [0.1, 0.15) is 11.4 Å². The molecule has 0 saturated heterocycles. The third-order valence-corrected chi connectivity index (χ3v) is 5.15. The molecule has 1 saturated carbocycles. The summed E-state index contributed by atoms with van der Waals surface area (Å²) in [6.07, 6.45) is 2.34. The lowest BCUT2D eigenvalue weighted by Gasteiger charge is -2.22. The molecule has 2 unspecified atom stereocenters. The highest BCUT2D eigenvalue weighted by Crippen LogP contribution is 2.26. The van der Waals surface area contributed by atoms with Gasteiger partial charge in [-0.25, -0.2) is 8.42 Å². The summed E-state index contributed by atoms with van der Waals surface area (Å²) in [5.74, 6) is -1.18. The average molecular weight is 277 g/mol. The predicted molar refractivity (Wildman–Crippen MR) is 70.1 cm³/mol. The molecule has 18 heavy (non-hydrogen) atoms. The van der Waals surface area contributed by atoms with Crippen LogP contribution in [0.2, 0.25) is 0 Å². The summed E-state index contributed by atoms with van der Waals surface area (Å²) in [7, 11) is -1.67. The molecule has 1 aliphatic rings. The number of carbonyl (C=O) groups excluding carboxylic acids is 1. The standard InChI is InChI=1S/C12H23NO4S/c1-12(2,3)17-11(14)8-18(15,16)10-7-5-6-9(10)13-4/h9-10,13H,5-8H2,1-4H3. The van der Waals surface area contributed by atoms with Gasteiger partial charge in [-0.2, -0.15) is 0 Å². The Hall–Kier alpha value is -0.620. The Morgan fingerprint density at radius 2 is 1.94 bits per heavy atom. The van der Waals surface area contributed by atoms with E-state index < -0.39 is 32.4 Å². The first-order chi connectivity index (χ1) is 8.15. The molecule has 1 aliphatic carbocycles. The summed E-state index contributed by atoms with van der Waals surface area (Å²) in [6.45, 7) is 5.18. The lowest BCUT2D eigenvalue weighted by molar-refractivity contribution is -0.151. The molecule has 0 amide bonds. The Balaban J connectivity index is 2.67. The van der Waals surface area contributed by atoms with E-state index in [1.807, 2.05) is 0 Å². The Morgan fingerprint density at radius 3 is 2.44 bits per heavy atom. The van der Waals surface area contributed by atoms with Crippen LogP contribution in [0, 0.1) is 0 Å². The van der Waals surface area contributed by atoms with Gasteiger partial charge in [0.2, 0.25) is 0 Å². The highest BCUT2D eigenvalue weighted by molar-refractivity contribution is 7.92. The summed E-state index contributed by atoms with van der Waals surface area (Å²) >= 11 is 0. The van der Waals surface area contributed by atoms with Crippen molar-refractivity contribution in [2.75, 3.05) is 12.8 Å². The molecule has 0 radical (unpaired) electrons. The lowest BCUT2D eigenvalue weighted by Crippen LogP contribution is -2.41. The van der Waals surface area contributed by atoms with Crippen molar-refractivity contribution < 1.29 is 17.9 Å². The first kappa shape index (κ1) is 15.4. The van der Waals surface area contributed by atoms with E-state index in [4.69, 9.17) is 4.74 Å². The van der Waals surface area contributed by atoms with Crippen LogP contribution in [0.25, 0.3) is 0 Å². The number of hydrogen-bond acceptors (Lipinski definition) is 5. The van der Waals surface area contributed by atoms with Gasteiger partial charge >= 0.3 is 5.97 Å². The van der Waals surface area contributed by atoms with Crippen molar-refractivity contribution in [3.05, 3.63) is 0 Å². The molecule has 0 heterocycles. The molecular weight excluding hydrogens is 254 g/mol. The number of carbonyl (C=O) groups is 1. The van der Waals surface area contributed by atoms with E-state index in [1.54, 1.807) is 27.8 Å². The fourth-order valence-corrected chi connectivity index (χ4v) is 4.23. The van der Waals surface area contributed by atoms with Crippen molar-refractivity contribution in [2.45, 2.75) is 56.9 Å². The number of sulfone groups is 1. The van der Waals surface area contributed by atoms with Crippen LogP contribution < -0.4 is 5.32 Å². The van der Waals surface area contributed by atoms with Crippen molar-refractivity contribution in [1.29, 1.82) is 0 Å². The number of esters is 1. The number of rotatable bonds is 4. The average Bonchev–Trinajstić information content (AvgIpc) is 2.61. The van der Waals surface area contributed by atoms with E-state index in [-0.39, 0.29) is 6.04 Å². The van der Waals surface area contributed by atoms with Crippen molar-refractivity contribution in [3.8, 4) is 0 Å². The van der Waals surface area contributed by atoms with Crippen LogP contribution in [0.15, 0.2) is 0 Å². The van der Waals surface area contributed by atoms with Gasteiger partial charge in [0.15, 0.2) is 9.84 Å². The highest BCUT2D eigenvalue weighted by Gasteiger charge is 2.38. The van der Waals surface area contributed by atoms with Crippen molar-refractivity contribution in [1.82, 2.24) is 5.32 Å². The summed E-state index contributed by atoms with van der Waals surface area (Å²) in [5, 5.41) is 2.55. The van der Waals surface area contributed by atoms with Gasteiger partial charge in [0.05, 0.1) is 5.25 Å². The van der Waals surface area contributed by atoms with Crippen LogP contribution in [0.1, 0.15) is 40.0 Å². The Kier molecular flexibility index (Phi) is 4.78. The quantitative estimate of drug-likeness (QED) is 0.772. The van der Waals surface area contributed by atoms with Crippen LogP contribution in [-0.2, 0) is 19.4 Å². The molecule has 0 aromatic carbocycles. The molecular formula is C12H23NO4S. The first-order valence-corrected chi connectivity index (χ1v) is 7.98. The highest BCUT2D eigenvalue weighted by atomic mass is 32.2. The van der Waals surface area contributed by atoms with Gasteiger partial charge in [0, 0.05) is 6.04 Å². The van der Waals surface area contributed by atoms with Crippen LogP contribution in [0.5, 0.6) is 0 Å². The molecule has 0 aromatic heterocycles. The molecule has 106 valence electrons. The summed E-state index contributed by atoms with van der Waals surface area (Å²) < 4.78 is 29.4. The molecule has 1 rings (SSSR count). The van der Waals surface area contributed by atoms with E-state index >= 15 is 0 Å². The maximum absolute atomic E-state index is 12.2. The molecule has 1 fully saturated rings. The molecule has 0 aromatic rings. The second kappa shape index (κ2) is 5.57. The summed E-state index contributed by atoms with van der Waals surface area (Å²) in [6, 6.07) is -0.0440. The van der Waals surface area contributed by atoms with Gasteiger partial charge in [0.25, 0.3) is 0 Å². The normalized spacial score (nSPS) is 25.1. The predicted octanol–water partition coefficient (Wildman–Crippen LogP) is 0.883. The molecule has 0 spiro atoms. The maximum Gasteiger partial charge on any atom is 0.321 e. The van der Waals surface area contributed by atoms with Crippen molar-refractivity contribution >= 4 is 15.8 Å². The zero-order valence-electron chi connectivity index (χ0n) is 11.5. The Morgan fingerprint density at radius 1 is 1.33 bits per heavy atom. The monoisotopic (exact) mass is 277 g/mol. The van der Waals surface area contributed by atoms with Crippen molar-refractivity contribution in [2.24, 2.45) is 0 Å². The smallest absolute Gasteiger partial charge is 0.321 e. The summed E-state index contributed by atoms with van der Waals surface area (Å²) in [4.78, 5) is 11.6. The number of ether oxygens (including phenoxy) is 1. The SMILES string of the molecule is CNC1CCCC1S(=O)(=O)CC(=O)OC(C)(C)C. The zero-order chi connectivity index (χ0) is 14.0. The molecule has 0 bridgehead atoms. The largest absolute Gasteiger partial charge is 0.459 e. The van der Waals surface area contributed by atoms with Gasteiger partial charge in [-0.05, 0) is 40.7 Å². The van der Waals surface area contributed by atoms with E-state index in [0.717, 1.165) is 12.8 Å². The minimum atomic E-state index is -3.43. The minimum absolute atomic E-state index is 0.0440. The van der Waals surface area contributed by atoms with Gasteiger partial charge < -0.3 is 10.1 Å². The van der Waals surface area contributed by atoms with Crippen molar-refractivity contribution in [3.63, 3.8) is 0 Å². The minimum Gasteiger partial charge on any atom is -0.459 e. The van der Waals surface area contributed by atoms with E-state index in [2.05, 4.69) is 5.32 Å². The Labute approximate surface area is 109 Å². The fourth-order valence-electron chi connectivity index (χ4n) is 2.33. The van der Waals surface area contributed by atoms with Gasteiger partial charge in [-0.15, -0.1) is 0 Å². The van der Waals surface area contributed by atoms with E-state index in [9.17, 15) is 13.2 Å². The number of nitrogens with one attached hydrogen (secondary N) is 1. The van der Waals surface area contributed by atoms with Crippen LogP contribution in [-0.4, -0.2) is 44.1 Å².